The number of hydrogen-bond acceptors (Lipinski definition) is 4. The Morgan fingerprint density at radius 1 is 0.970 bits per heavy atom. The molecule has 1 atom stereocenters. The molecule has 1 amide bonds. The van der Waals surface area contributed by atoms with Crippen molar-refractivity contribution in [3.8, 4) is 0 Å². The summed E-state index contributed by atoms with van der Waals surface area (Å²) < 4.78 is 0. The first-order valence-electron chi connectivity index (χ1n) is 11.6. The Labute approximate surface area is 211 Å². The van der Waals surface area contributed by atoms with E-state index in [2.05, 4.69) is 34.2 Å². The highest BCUT2D eigenvalue weighted by molar-refractivity contribution is 6.35. The molecule has 0 saturated carbocycles. The summed E-state index contributed by atoms with van der Waals surface area (Å²) in [4.78, 5) is 16.4. The molecular formula is C25H31Cl3N4O. The largest absolute Gasteiger partial charge is 0.377 e. The van der Waals surface area contributed by atoms with Crippen molar-refractivity contribution in [1.82, 2.24) is 4.90 Å². The topological polar surface area (TPSA) is 61.6 Å². The molecule has 8 heteroatoms. The lowest BCUT2D eigenvalue weighted by Crippen LogP contribution is -2.49. The number of anilines is 2. The molecule has 2 saturated heterocycles. The number of carbonyl (C=O) groups excluding carboxylic acids is 1. The summed E-state index contributed by atoms with van der Waals surface area (Å²) in [7, 11) is 0. The highest BCUT2D eigenvalue weighted by Crippen LogP contribution is 2.34. The lowest BCUT2D eigenvalue weighted by atomic mass is 9.93. The van der Waals surface area contributed by atoms with Crippen LogP contribution in [0.4, 0.5) is 11.4 Å². The average molecular weight is 510 g/mol. The number of nitrogens with two attached hydrogens (primary N) is 1. The van der Waals surface area contributed by atoms with Crippen LogP contribution in [-0.4, -0.2) is 43.0 Å². The number of hydrogen-bond donors (Lipinski definition) is 2. The minimum Gasteiger partial charge on any atom is -0.377 e. The number of halogens is 3. The number of amides is 1. The number of piperidine rings is 2. The van der Waals surface area contributed by atoms with Crippen molar-refractivity contribution in [2.75, 3.05) is 36.4 Å². The van der Waals surface area contributed by atoms with Crippen molar-refractivity contribution in [2.45, 2.75) is 44.7 Å². The fourth-order valence-corrected chi connectivity index (χ4v) is 5.77. The van der Waals surface area contributed by atoms with E-state index in [4.69, 9.17) is 40.5 Å². The third-order valence-corrected chi connectivity index (χ3v) is 7.92. The molecule has 2 fully saturated rings. The second kappa shape index (κ2) is 10.7. The molecule has 0 aliphatic carbocycles. The summed E-state index contributed by atoms with van der Waals surface area (Å²) in [6, 6.07) is 12.3. The van der Waals surface area contributed by atoms with Crippen molar-refractivity contribution < 1.29 is 4.79 Å². The van der Waals surface area contributed by atoms with Gasteiger partial charge < -0.3 is 20.9 Å². The van der Waals surface area contributed by atoms with Gasteiger partial charge >= 0.3 is 0 Å². The molecule has 4 rings (SSSR count). The van der Waals surface area contributed by atoms with Gasteiger partial charge in [0.15, 0.2) is 0 Å². The number of primary amides is 1. The van der Waals surface area contributed by atoms with Crippen molar-refractivity contribution in [1.29, 1.82) is 0 Å². The number of carbonyl (C=O) groups is 1. The third-order valence-electron chi connectivity index (χ3n) is 7.03. The Kier molecular flexibility index (Phi) is 7.95. The minimum atomic E-state index is -0.149. The van der Waals surface area contributed by atoms with E-state index in [0.717, 1.165) is 63.1 Å². The highest BCUT2D eigenvalue weighted by Gasteiger charge is 2.30. The van der Waals surface area contributed by atoms with Crippen LogP contribution < -0.4 is 16.0 Å². The maximum Gasteiger partial charge on any atom is 0.220 e. The van der Waals surface area contributed by atoms with Gasteiger partial charge in [0.25, 0.3) is 0 Å². The highest BCUT2D eigenvalue weighted by atomic mass is 35.5. The normalized spacial score (nSPS) is 19.5. The Bertz CT molecular complexity index is 986. The van der Waals surface area contributed by atoms with Crippen LogP contribution in [0.5, 0.6) is 0 Å². The van der Waals surface area contributed by atoms with Gasteiger partial charge in [0.2, 0.25) is 5.91 Å². The number of nitrogens with zero attached hydrogens (tertiary/aromatic N) is 2. The van der Waals surface area contributed by atoms with Crippen LogP contribution in [0.15, 0.2) is 36.4 Å². The first-order chi connectivity index (χ1) is 15.8. The smallest absolute Gasteiger partial charge is 0.220 e. The van der Waals surface area contributed by atoms with Crippen LogP contribution in [-0.2, 0) is 4.79 Å². The molecule has 33 heavy (non-hydrogen) atoms. The Morgan fingerprint density at radius 2 is 1.67 bits per heavy atom. The standard InChI is InChI=1S/C25H31Cl3N4O/c1-16(21-4-2-18(26)14-23(21)28)30-24-15-20(3-5-22(24)27)32-12-8-19(9-13-32)31-10-6-17(7-11-31)25(29)33/h2-5,14-17,19,30H,6-13H2,1H3,(H2,29,33). The molecule has 2 aromatic carbocycles. The quantitative estimate of drug-likeness (QED) is 0.502. The molecule has 0 bridgehead atoms. The van der Waals surface area contributed by atoms with Gasteiger partial charge in [-0.2, -0.15) is 0 Å². The second-order valence-electron chi connectivity index (χ2n) is 9.13. The third kappa shape index (κ3) is 5.89. The fraction of sp³-hybridized carbons (Fsp3) is 0.480. The number of likely N-dealkylation sites (tertiary alicyclic amines) is 1. The fourth-order valence-electron chi connectivity index (χ4n) is 5.02. The Hall–Kier alpha value is -1.66. The molecule has 0 aromatic heterocycles. The van der Waals surface area contributed by atoms with E-state index in [0.29, 0.717) is 21.1 Å². The van der Waals surface area contributed by atoms with E-state index in [1.54, 1.807) is 6.07 Å². The van der Waals surface area contributed by atoms with E-state index < -0.39 is 0 Å². The minimum absolute atomic E-state index is 0.0171. The summed E-state index contributed by atoms with van der Waals surface area (Å²) in [5, 5.41) is 5.45. The van der Waals surface area contributed by atoms with E-state index in [9.17, 15) is 4.79 Å². The maximum atomic E-state index is 11.4. The number of nitrogens with one attached hydrogen (secondary N) is 1. The van der Waals surface area contributed by atoms with E-state index in [1.165, 1.54) is 5.69 Å². The maximum absolute atomic E-state index is 11.4. The Morgan fingerprint density at radius 3 is 2.30 bits per heavy atom. The number of benzene rings is 2. The molecule has 178 valence electrons. The molecule has 2 heterocycles. The summed E-state index contributed by atoms with van der Waals surface area (Å²) in [6.45, 7) is 6.00. The second-order valence-corrected chi connectivity index (χ2v) is 10.4. The lowest BCUT2D eigenvalue weighted by Gasteiger charge is -2.42. The molecule has 0 spiro atoms. The van der Waals surface area contributed by atoms with Gasteiger partial charge in [0, 0.05) is 40.8 Å². The zero-order chi connectivity index (χ0) is 23.5. The van der Waals surface area contributed by atoms with Crippen molar-refractivity contribution >= 4 is 52.1 Å². The van der Waals surface area contributed by atoms with Gasteiger partial charge in [-0.05, 0) is 81.6 Å². The predicted octanol–water partition coefficient (Wildman–Crippen LogP) is 5.99. The van der Waals surface area contributed by atoms with Crippen LogP contribution in [0.3, 0.4) is 0 Å². The molecule has 2 aromatic rings. The average Bonchev–Trinajstić information content (AvgIpc) is 2.80. The SMILES string of the molecule is CC(Nc1cc(N2CCC(N3CCC(C(N)=O)CC3)CC2)ccc1Cl)c1ccc(Cl)cc1Cl. The van der Waals surface area contributed by atoms with Gasteiger partial charge in [-0.1, -0.05) is 40.9 Å². The summed E-state index contributed by atoms with van der Waals surface area (Å²) in [6.07, 6.45) is 4.00. The van der Waals surface area contributed by atoms with E-state index in [-0.39, 0.29) is 17.9 Å². The van der Waals surface area contributed by atoms with Crippen LogP contribution >= 0.6 is 34.8 Å². The van der Waals surface area contributed by atoms with Gasteiger partial charge in [-0.25, -0.2) is 0 Å². The van der Waals surface area contributed by atoms with E-state index in [1.807, 2.05) is 18.2 Å². The zero-order valence-electron chi connectivity index (χ0n) is 18.9. The van der Waals surface area contributed by atoms with Crippen LogP contribution in [0, 0.1) is 5.92 Å². The Balaban J connectivity index is 1.37. The van der Waals surface area contributed by atoms with Gasteiger partial charge in [0.05, 0.1) is 16.8 Å². The van der Waals surface area contributed by atoms with Crippen LogP contribution in [0.25, 0.3) is 0 Å². The first-order valence-corrected chi connectivity index (χ1v) is 12.7. The molecule has 3 N–H and O–H groups in total. The summed E-state index contributed by atoms with van der Waals surface area (Å²) in [5.74, 6) is -0.101. The number of rotatable bonds is 6. The van der Waals surface area contributed by atoms with Gasteiger partial charge in [-0.3, -0.25) is 4.79 Å². The molecule has 2 aliphatic heterocycles. The van der Waals surface area contributed by atoms with Crippen molar-refractivity contribution in [3.63, 3.8) is 0 Å². The molecular weight excluding hydrogens is 479 g/mol. The van der Waals surface area contributed by atoms with Crippen LogP contribution in [0.2, 0.25) is 15.1 Å². The van der Waals surface area contributed by atoms with Gasteiger partial charge in [0.1, 0.15) is 0 Å². The van der Waals surface area contributed by atoms with E-state index >= 15 is 0 Å². The van der Waals surface area contributed by atoms with Crippen LogP contribution in [0.1, 0.15) is 44.2 Å². The molecule has 5 nitrogen and oxygen atoms in total. The molecule has 1 unspecified atom stereocenters. The monoisotopic (exact) mass is 508 g/mol. The lowest BCUT2D eigenvalue weighted by molar-refractivity contribution is -0.123. The summed E-state index contributed by atoms with van der Waals surface area (Å²) in [5.41, 5.74) is 8.52. The molecule has 2 aliphatic rings. The van der Waals surface area contributed by atoms with Gasteiger partial charge in [-0.15, -0.1) is 0 Å². The van der Waals surface area contributed by atoms with Crippen molar-refractivity contribution in [2.24, 2.45) is 11.7 Å². The summed E-state index contributed by atoms with van der Waals surface area (Å²) >= 11 is 18.9. The van der Waals surface area contributed by atoms with Crippen molar-refractivity contribution in [3.05, 3.63) is 57.0 Å². The molecule has 0 radical (unpaired) electrons. The predicted molar refractivity (Wildman–Crippen MR) is 139 cm³/mol. The first kappa shape index (κ1) is 24.5. The zero-order valence-corrected chi connectivity index (χ0v) is 21.1.